The molecule has 2 aliphatic rings. The van der Waals surface area contributed by atoms with Gasteiger partial charge in [-0.2, -0.15) is 0 Å². The lowest BCUT2D eigenvalue weighted by Crippen LogP contribution is -2.59. The van der Waals surface area contributed by atoms with Crippen LogP contribution in [0.25, 0.3) is 0 Å². The predicted molar refractivity (Wildman–Crippen MR) is 84.6 cm³/mol. The Morgan fingerprint density at radius 3 is 2.62 bits per heavy atom. The number of fused-ring (bicyclic) bond motifs is 1. The molecule has 4 nitrogen and oxygen atoms in total. The Labute approximate surface area is 131 Å². The summed E-state index contributed by atoms with van der Waals surface area (Å²) in [5, 5.41) is 3.15. The molecule has 1 fully saturated rings. The Morgan fingerprint density at radius 2 is 1.90 bits per heavy atom. The van der Waals surface area contributed by atoms with Gasteiger partial charge in [0.05, 0.1) is 5.54 Å². The Morgan fingerprint density at radius 1 is 1.24 bits per heavy atom. The molecule has 1 amide bonds. The van der Waals surface area contributed by atoms with Crippen molar-refractivity contribution < 1.29 is 9.53 Å². The number of rotatable bonds is 2. The monoisotopic (exact) mass is 310 g/mol. The molecule has 3 N–H and O–H groups in total. The standard InChI is InChI=1S/C16H22N2O2.ClH/c17-16(7-9-20-10-8-16)15(19)18-14-6-5-12-3-1-2-4-13(12)11-14;/h1-4,14H,5-11,17H2,(H,18,19);1H. The van der Waals surface area contributed by atoms with E-state index in [9.17, 15) is 4.79 Å². The Kier molecular flexibility index (Phi) is 5.25. The number of carbonyl (C=O) groups excluding carboxylic acids is 1. The average Bonchev–Trinajstić information content (AvgIpc) is 2.48. The zero-order valence-corrected chi connectivity index (χ0v) is 13.0. The second-order valence-electron chi connectivity index (χ2n) is 5.95. The van der Waals surface area contributed by atoms with Crippen LogP contribution in [0.4, 0.5) is 0 Å². The summed E-state index contributed by atoms with van der Waals surface area (Å²) in [5.41, 5.74) is 8.24. The molecular formula is C16H23ClN2O2. The second kappa shape index (κ2) is 6.77. The van der Waals surface area contributed by atoms with Crippen molar-refractivity contribution in [3.63, 3.8) is 0 Å². The van der Waals surface area contributed by atoms with Crippen molar-refractivity contribution in [1.29, 1.82) is 0 Å². The van der Waals surface area contributed by atoms with Crippen molar-refractivity contribution in [2.45, 2.75) is 43.7 Å². The number of amides is 1. The lowest BCUT2D eigenvalue weighted by molar-refractivity contribution is -0.130. The van der Waals surface area contributed by atoms with Crippen LogP contribution in [0.2, 0.25) is 0 Å². The molecule has 0 spiro atoms. The van der Waals surface area contributed by atoms with Crippen molar-refractivity contribution in [3.8, 4) is 0 Å². The average molecular weight is 311 g/mol. The van der Waals surface area contributed by atoms with Gasteiger partial charge in [-0.25, -0.2) is 0 Å². The first-order valence-corrected chi connectivity index (χ1v) is 7.42. The highest BCUT2D eigenvalue weighted by Crippen LogP contribution is 2.23. The maximum absolute atomic E-state index is 12.4. The summed E-state index contributed by atoms with van der Waals surface area (Å²) in [7, 11) is 0. The number of carbonyl (C=O) groups is 1. The van der Waals surface area contributed by atoms with Gasteiger partial charge in [0, 0.05) is 19.3 Å². The lowest BCUT2D eigenvalue weighted by atomic mass is 9.86. The summed E-state index contributed by atoms with van der Waals surface area (Å²) in [6, 6.07) is 8.68. The van der Waals surface area contributed by atoms with Crippen molar-refractivity contribution >= 4 is 18.3 Å². The summed E-state index contributed by atoms with van der Waals surface area (Å²) in [4.78, 5) is 12.4. The van der Waals surface area contributed by atoms with Crippen LogP contribution < -0.4 is 11.1 Å². The molecule has 1 atom stereocenters. The number of nitrogens with one attached hydrogen (secondary N) is 1. The first kappa shape index (κ1) is 16.3. The van der Waals surface area contributed by atoms with Crippen LogP contribution in [0.5, 0.6) is 0 Å². The van der Waals surface area contributed by atoms with E-state index in [1.807, 2.05) is 0 Å². The molecule has 0 bridgehead atoms. The fourth-order valence-corrected chi connectivity index (χ4v) is 3.11. The van der Waals surface area contributed by atoms with E-state index in [4.69, 9.17) is 10.5 Å². The molecule has 1 aliphatic heterocycles. The highest BCUT2D eigenvalue weighted by molar-refractivity contribution is 5.86. The van der Waals surface area contributed by atoms with Gasteiger partial charge in [0.1, 0.15) is 0 Å². The zero-order valence-electron chi connectivity index (χ0n) is 12.1. The number of ether oxygens (including phenoxy) is 1. The Balaban J connectivity index is 0.00000161. The van der Waals surface area contributed by atoms with E-state index >= 15 is 0 Å². The van der Waals surface area contributed by atoms with Gasteiger partial charge >= 0.3 is 0 Å². The molecule has 1 saturated heterocycles. The molecule has 1 unspecified atom stereocenters. The van der Waals surface area contributed by atoms with E-state index in [0.717, 1.165) is 19.3 Å². The van der Waals surface area contributed by atoms with E-state index in [1.165, 1.54) is 11.1 Å². The molecule has 116 valence electrons. The van der Waals surface area contributed by atoms with Crippen molar-refractivity contribution in [3.05, 3.63) is 35.4 Å². The molecule has 0 aromatic heterocycles. The zero-order chi connectivity index (χ0) is 14.0. The second-order valence-corrected chi connectivity index (χ2v) is 5.95. The topological polar surface area (TPSA) is 64.4 Å². The molecule has 5 heteroatoms. The third-order valence-corrected chi connectivity index (χ3v) is 4.52. The minimum absolute atomic E-state index is 0. The number of halogens is 1. The molecule has 21 heavy (non-hydrogen) atoms. The van der Waals surface area contributed by atoms with Gasteiger partial charge in [-0.15, -0.1) is 12.4 Å². The molecule has 3 rings (SSSR count). The first-order valence-electron chi connectivity index (χ1n) is 7.42. The molecule has 1 heterocycles. The van der Waals surface area contributed by atoms with Crippen molar-refractivity contribution in [2.24, 2.45) is 5.73 Å². The van der Waals surface area contributed by atoms with E-state index in [2.05, 4.69) is 29.6 Å². The normalized spacial score (nSPS) is 23.6. The minimum Gasteiger partial charge on any atom is -0.381 e. The molecule has 1 aromatic carbocycles. The van der Waals surface area contributed by atoms with Gasteiger partial charge in [-0.1, -0.05) is 24.3 Å². The fourth-order valence-electron chi connectivity index (χ4n) is 3.11. The molecular weight excluding hydrogens is 288 g/mol. The van der Waals surface area contributed by atoms with Crippen LogP contribution in [-0.2, 0) is 22.4 Å². The number of nitrogens with two attached hydrogens (primary N) is 1. The first-order chi connectivity index (χ1) is 9.67. The SMILES string of the molecule is Cl.NC1(C(=O)NC2CCc3ccccc3C2)CCOCC1. The number of benzene rings is 1. The van der Waals surface area contributed by atoms with E-state index in [1.54, 1.807) is 0 Å². The van der Waals surface area contributed by atoms with Crippen LogP contribution in [0.3, 0.4) is 0 Å². The van der Waals surface area contributed by atoms with Gasteiger partial charge in [-0.05, 0) is 43.2 Å². The van der Waals surface area contributed by atoms with Crippen LogP contribution in [0.1, 0.15) is 30.4 Å². The van der Waals surface area contributed by atoms with Crippen LogP contribution in [0.15, 0.2) is 24.3 Å². The maximum atomic E-state index is 12.4. The summed E-state index contributed by atoms with van der Waals surface area (Å²) in [6.07, 6.45) is 4.16. The van der Waals surface area contributed by atoms with Gasteiger partial charge in [-0.3, -0.25) is 4.79 Å². The number of aryl methyl sites for hydroxylation is 1. The Bertz CT molecular complexity index is 501. The number of hydrogen-bond donors (Lipinski definition) is 2. The van der Waals surface area contributed by atoms with Crippen molar-refractivity contribution in [1.82, 2.24) is 5.32 Å². The summed E-state index contributed by atoms with van der Waals surface area (Å²) in [5.74, 6) is -0.00909. The Hall–Kier alpha value is -1.10. The lowest BCUT2D eigenvalue weighted by Gasteiger charge is -2.34. The maximum Gasteiger partial charge on any atom is 0.240 e. The quantitative estimate of drug-likeness (QED) is 0.872. The summed E-state index contributed by atoms with van der Waals surface area (Å²) < 4.78 is 5.29. The molecule has 1 aliphatic carbocycles. The fraction of sp³-hybridized carbons (Fsp3) is 0.562. The van der Waals surface area contributed by atoms with Crippen LogP contribution >= 0.6 is 12.4 Å². The third kappa shape index (κ3) is 3.57. The van der Waals surface area contributed by atoms with E-state index in [-0.39, 0.29) is 24.4 Å². The largest absolute Gasteiger partial charge is 0.381 e. The van der Waals surface area contributed by atoms with Crippen LogP contribution in [-0.4, -0.2) is 30.7 Å². The smallest absolute Gasteiger partial charge is 0.240 e. The minimum atomic E-state index is -0.741. The molecule has 0 saturated carbocycles. The summed E-state index contributed by atoms with van der Waals surface area (Å²) in [6.45, 7) is 1.16. The molecule has 1 aromatic rings. The van der Waals surface area contributed by atoms with E-state index in [0.29, 0.717) is 26.1 Å². The van der Waals surface area contributed by atoms with Gasteiger partial charge in [0.15, 0.2) is 0 Å². The number of hydrogen-bond acceptors (Lipinski definition) is 3. The van der Waals surface area contributed by atoms with Gasteiger partial charge < -0.3 is 15.8 Å². The summed E-state index contributed by atoms with van der Waals surface area (Å²) >= 11 is 0. The molecule has 0 radical (unpaired) electrons. The predicted octanol–water partition coefficient (Wildman–Crippen LogP) is 1.59. The van der Waals surface area contributed by atoms with Gasteiger partial charge in [0.2, 0.25) is 5.91 Å². The van der Waals surface area contributed by atoms with E-state index < -0.39 is 5.54 Å². The van der Waals surface area contributed by atoms with Gasteiger partial charge in [0.25, 0.3) is 0 Å². The highest BCUT2D eigenvalue weighted by atomic mass is 35.5. The van der Waals surface area contributed by atoms with Crippen LogP contribution in [0, 0.1) is 0 Å². The highest BCUT2D eigenvalue weighted by Gasteiger charge is 2.37. The van der Waals surface area contributed by atoms with Crippen molar-refractivity contribution in [2.75, 3.05) is 13.2 Å². The third-order valence-electron chi connectivity index (χ3n) is 4.52.